The van der Waals surface area contributed by atoms with Crippen LogP contribution in [0.5, 0.6) is 0 Å². The van der Waals surface area contributed by atoms with E-state index in [4.69, 9.17) is 18.9 Å². The number of carbonyl (C=O) groups is 1. The van der Waals surface area contributed by atoms with Crippen molar-refractivity contribution < 1.29 is 28.8 Å². The first-order chi connectivity index (χ1) is 17.7. The van der Waals surface area contributed by atoms with Gasteiger partial charge in [-0.05, 0) is 11.1 Å². The van der Waals surface area contributed by atoms with Crippen molar-refractivity contribution in [2.75, 3.05) is 13.2 Å². The lowest BCUT2D eigenvalue weighted by Gasteiger charge is -2.45. The van der Waals surface area contributed by atoms with Gasteiger partial charge in [-0.15, -0.1) is 6.58 Å². The van der Waals surface area contributed by atoms with E-state index in [0.29, 0.717) is 5.56 Å². The van der Waals surface area contributed by atoms with Crippen LogP contribution in [0.3, 0.4) is 0 Å². The van der Waals surface area contributed by atoms with Gasteiger partial charge in [-0.1, -0.05) is 97.1 Å². The van der Waals surface area contributed by atoms with Gasteiger partial charge < -0.3 is 24.1 Å². The Kier molecular flexibility index (Phi) is 9.55. The van der Waals surface area contributed by atoms with E-state index in [9.17, 15) is 9.90 Å². The number of Topliss-reactive ketones (excluding diaryl/α,β-unsaturated/α-hetero) is 1. The smallest absolute Gasteiger partial charge is 0.187 e. The summed E-state index contributed by atoms with van der Waals surface area (Å²) >= 11 is 0. The fourth-order valence-electron chi connectivity index (χ4n) is 4.38. The van der Waals surface area contributed by atoms with Gasteiger partial charge in [0.25, 0.3) is 0 Å². The highest BCUT2D eigenvalue weighted by molar-refractivity contribution is 5.98. The monoisotopic (exact) mass is 488 g/mol. The lowest BCUT2D eigenvalue weighted by Crippen LogP contribution is -2.60. The Balaban J connectivity index is 1.67. The summed E-state index contributed by atoms with van der Waals surface area (Å²) in [6.45, 7) is 4.12. The van der Waals surface area contributed by atoms with Crippen LogP contribution in [0, 0.1) is 5.92 Å². The Hall–Kier alpha value is -3.13. The Morgan fingerprint density at radius 3 is 1.86 bits per heavy atom. The highest BCUT2D eigenvalue weighted by Gasteiger charge is 2.51. The number of aliphatic hydroxyl groups excluding tert-OH is 1. The molecule has 188 valence electrons. The third-order valence-corrected chi connectivity index (χ3v) is 6.15. The second kappa shape index (κ2) is 13.3. The summed E-state index contributed by atoms with van der Waals surface area (Å²) in [5, 5.41) is 10.2. The third-order valence-electron chi connectivity index (χ3n) is 6.15. The van der Waals surface area contributed by atoms with Gasteiger partial charge in [-0.25, -0.2) is 0 Å². The number of ketones is 1. The van der Waals surface area contributed by atoms with E-state index in [1.807, 2.05) is 78.9 Å². The highest BCUT2D eigenvalue weighted by Crippen LogP contribution is 2.34. The van der Waals surface area contributed by atoms with Gasteiger partial charge >= 0.3 is 0 Å². The van der Waals surface area contributed by atoms with Crippen molar-refractivity contribution in [1.29, 1.82) is 0 Å². The lowest BCUT2D eigenvalue weighted by molar-refractivity contribution is -0.300. The molecule has 1 heterocycles. The molecular weight excluding hydrogens is 456 g/mol. The molecular formula is C30H32O6. The molecule has 5 atom stereocenters. The first-order valence-electron chi connectivity index (χ1n) is 12.1. The number of carbonyl (C=O) groups excluding carboxylic acids is 1. The predicted octanol–water partition coefficient (Wildman–Crippen LogP) is 4.58. The molecule has 1 aliphatic heterocycles. The molecule has 0 aromatic heterocycles. The SMILES string of the molecule is C=CCOC1O[C@H](CO)[C@@H](C(=O)c2ccccc2)[C@H](OCc2ccccc2)[C@H]1OCc1ccccc1. The Labute approximate surface area is 212 Å². The second-order valence-corrected chi connectivity index (χ2v) is 8.63. The molecule has 3 aromatic rings. The standard InChI is InChI=1S/C30H32O6/c1-2-18-33-30-29(35-21-23-14-8-4-9-15-23)28(34-20-22-12-6-3-7-13-22)26(25(19-31)36-30)27(32)24-16-10-5-11-17-24/h2-17,25-26,28-31H,1,18-21H2/t25-,26+,28+,29-,30?/m1/s1. The van der Waals surface area contributed by atoms with Crippen LogP contribution >= 0.6 is 0 Å². The van der Waals surface area contributed by atoms with Gasteiger partial charge in [-0.3, -0.25) is 4.79 Å². The first kappa shape index (κ1) is 25.9. The molecule has 1 fully saturated rings. The summed E-state index contributed by atoms with van der Waals surface area (Å²) in [6, 6.07) is 28.5. The van der Waals surface area contributed by atoms with E-state index in [0.717, 1.165) is 11.1 Å². The van der Waals surface area contributed by atoms with Crippen molar-refractivity contribution in [1.82, 2.24) is 0 Å². The van der Waals surface area contributed by atoms with E-state index in [1.54, 1.807) is 18.2 Å². The van der Waals surface area contributed by atoms with Crippen LogP contribution in [-0.4, -0.2) is 48.7 Å². The van der Waals surface area contributed by atoms with Gasteiger partial charge in [0, 0.05) is 5.56 Å². The topological polar surface area (TPSA) is 74.2 Å². The molecule has 0 bridgehead atoms. The zero-order valence-corrected chi connectivity index (χ0v) is 20.1. The fraction of sp³-hybridized carbons (Fsp3) is 0.300. The van der Waals surface area contributed by atoms with Gasteiger partial charge in [-0.2, -0.15) is 0 Å². The molecule has 1 N–H and O–H groups in total. The molecule has 36 heavy (non-hydrogen) atoms. The molecule has 0 amide bonds. The van der Waals surface area contributed by atoms with E-state index in [-0.39, 0.29) is 32.2 Å². The summed E-state index contributed by atoms with van der Waals surface area (Å²) in [6.07, 6.45) is -1.53. The Morgan fingerprint density at radius 1 is 0.806 bits per heavy atom. The van der Waals surface area contributed by atoms with Crippen molar-refractivity contribution >= 4 is 5.78 Å². The van der Waals surface area contributed by atoms with E-state index < -0.39 is 30.5 Å². The highest BCUT2D eigenvalue weighted by atomic mass is 16.7. The fourth-order valence-corrected chi connectivity index (χ4v) is 4.38. The summed E-state index contributed by atoms with van der Waals surface area (Å²) in [4.78, 5) is 13.7. The number of rotatable bonds is 12. The largest absolute Gasteiger partial charge is 0.394 e. The third kappa shape index (κ3) is 6.55. The zero-order chi connectivity index (χ0) is 25.2. The number of ether oxygens (including phenoxy) is 4. The maximum Gasteiger partial charge on any atom is 0.187 e. The van der Waals surface area contributed by atoms with Crippen LogP contribution in [0.1, 0.15) is 21.5 Å². The number of aliphatic hydroxyl groups is 1. The lowest BCUT2D eigenvalue weighted by atomic mass is 9.82. The molecule has 4 rings (SSSR count). The predicted molar refractivity (Wildman–Crippen MR) is 136 cm³/mol. The molecule has 1 saturated heterocycles. The van der Waals surface area contributed by atoms with Crippen LogP contribution < -0.4 is 0 Å². The summed E-state index contributed by atoms with van der Waals surface area (Å²) < 4.78 is 24.8. The molecule has 6 nitrogen and oxygen atoms in total. The average Bonchev–Trinajstić information content (AvgIpc) is 2.94. The van der Waals surface area contributed by atoms with Crippen molar-refractivity contribution in [3.63, 3.8) is 0 Å². The molecule has 3 aromatic carbocycles. The summed E-state index contributed by atoms with van der Waals surface area (Å²) in [7, 11) is 0. The molecule has 0 radical (unpaired) electrons. The second-order valence-electron chi connectivity index (χ2n) is 8.63. The number of benzene rings is 3. The first-order valence-corrected chi connectivity index (χ1v) is 12.1. The van der Waals surface area contributed by atoms with Crippen LogP contribution in [0.2, 0.25) is 0 Å². The summed E-state index contributed by atoms with van der Waals surface area (Å²) in [5.74, 6) is -0.978. The van der Waals surface area contributed by atoms with Crippen LogP contribution in [0.4, 0.5) is 0 Å². The number of hydrogen-bond acceptors (Lipinski definition) is 6. The van der Waals surface area contributed by atoms with Crippen LogP contribution in [0.15, 0.2) is 104 Å². The van der Waals surface area contributed by atoms with E-state index in [2.05, 4.69) is 6.58 Å². The van der Waals surface area contributed by atoms with Crippen molar-refractivity contribution in [2.45, 2.75) is 37.8 Å². The van der Waals surface area contributed by atoms with Crippen molar-refractivity contribution in [3.05, 3.63) is 120 Å². The molecule has 1 unspecified atom stereocenters. The summed E-state index contributed by atoms with van der Waals surface area (Å²) in [5.41, 5.74) is 2.45. The number of hydrogen-bond donors (Lipinski definition) is 1. The maximum absolute atomic E-state index is 13.7. The van der Waals surface area contributed by atoms with Crippen molar-refractivity contribution in [3.8, 4) is 0 Å². The zero-order valence-electron chi connectivity index (χ0n) is 20.1. The van der Waals surface area contributed by atoms with Gasteiger partial charge in [0.1, 0.15) is 12.2 Å². The van der Waals surface area contributed by atoms with Crippen LogP contribution in [-0.2, 0) is 32.2 Å². The molecule has 0 saturated carbocycles. The Morgan fingerprint density at radius 2 is 1.33 bits per heavy atom. The minimum absolute atomic E-state index is 0.178. The molecule has 0 spiro atoms. The molecule has 0 aliphatic carbocycles. The minimum Gasteiger partial charge on any atom is -0.394 e. The van der Waals surface area contributed by atoms with Gasteiger partial charge in [0.15, 0.2) is 12.1 Å². The van der Waals surface area contributed by atoms with E-state index in [1.165, 1.54) is 0 Å². The average molecular weight is 489 g/mol. The quantitative estimate of drug-likeness (QED) is 0.297. The van der Waals surface area contributed by atoms with E-state index >= 15 is 0 Å². The molecule has 6 heteroatoms. The van der Waals surface area contributed by atoms with Crippen LogP contribution in [0.25, 0.3) is 0 Å². The van der Waals surface area contributed by atoms with Crippen molar-refractivity contribution in [2.24, 2.45) is 5.92 Å². The van der Waals surface area contributed by atoms with Gasteiger partial charge in [0.2, 0.25) is 0 Å². The Bertz CT molecular complexity index is 1070. The maximum atomic E-state index is 13.7. The minimum atomic E-state index is -0.857. The normalized spacial score (nSPS) is 23.8. The molecule has 1 aliphatic rings. The van der Waals surface area contributed by atoms with Gasteiger partial charge in [0.05, 0.1) is 38.4 Å².